The van der Waals surface area contributed by atoms with Gasteiger partial charge in [0.05, 0.1) is 6.26 Å². The van der Waals surface area contributed by atoms with Crippen LogP contribution in [0.5, 0.6) is 0 Å². The molecule has 1 atom stereocenters. The third-order valence-corrected chi connectivity index (χ3v) is 8.10. The Labute approximate surface area is 209 Å². The number of hydrogen-bond acceptors (Lipinski definition) is 4. The topological polar surface area (TPSA) is 57.7 Å². The summed E-state index contributed by atoms with van der Waals surface area (Å²) in [5.74, 6) is 0.159. The SMILES string of the molecule is CN(CCCCC(=O)c1ccc2c(c1)CC(N(C)S(C)(=O)=O)C2)CCc1ccccc1Cl.Cl. The first kappa shape index (κ1) is 27.8. The Morgan fingerprint density at radius 1 is 1.03 bits per heavy atom. The molecule has 2 aromatic carbocycles. The highest BCUT2D eigenvalue weighted by Crippen LogP contribution is 2.27. The lowest BCUT2D eigenvalue weighted by molar-refractivity contribution is 0.0978. The predicted octanol–water partition coefficient (Wildman–Crippen LogP) is 4.65. The lowest BCUT2D eigenvalue weighted by Crippen LogP contribution is -2.36. The van der Waals surface area contributed by atoms with E-state index in [0.717, 1.165) is 59.6 Å². The standard InChI is InChI=1S/C25H33ClN2O3S.ClH/c1-27(15-13-19-8-4-5-9-24(19)26)14-7-6-10-25(29)21-12-11-20-17-23(18-22(20)16-21)28(2)32(3,30)31;/h4-5,8-9,11-12,16,23H,6-7,10,13-15,17-18H2,1-3H3;1H. The summed E-state index contributed by atoms with van der Waals surface area (Å²) in [7, 11) is 0.510. The van der Waals surface area contributed by atoms with Crippen molar-refractivity contribution in [2.75, 3.05) is 33.4 Å². The zero-order valence-electron chi connectivity index (χ0n) is 19.6. The van der Waals surface area contributed by atoms with Gasteiger partial charge in [-0.25, -0.2) is 12.7 Å². The Bertz CT molecular complexity index is 1060. The van der Waals surface area contributed by atoms with Crippen molar-refractivity contribution in [2.45, 2.75) is 44.6 Å². The van der Waals surface area contributed by atoms with Crippen LogP contribution >= 0.6 is 24.0 Å². The molecule has 0 bridgehead atoms. The monoisotopic (exact) mass is 512 g/mol. The molecule has 0 aliphatic heterocycles. The van der Waals surface area contributed by atoms with E-state index in [0.29, 0.717) is 19.3 Å². The number of benzene rings is 2. The van der Waals surface area contributed by atoms with Crippen LogP contribution in [0.1, 0.15) is 46.3 Å². The second kappa shape index (κ2) is 12.3. The van der Waals surface area contributed by atoms with Gasteiger partial charge in [-0.2, -0.15) is 0 Å². The fraction of sp³-hybridized carbons (Fsp3) is 0.480. The van der Waals surface area contributed by atoms with E-state index in [9.17, 15) is 13.2 Å². The number of sulfonamides is 1. The third kappa shape index (κ3) is 7.79. The lowest BCUT2D eigenvalue weighted by atomic mass is 10.0. The first-order valence-corrected chi connectivity index (χ1v) is 13.4. The van der Waals surface area contributed by atoms with Crippen molar-refractivity contribution in [1.82, 2.24) is 9.21 Å². The van der Waals surface area contributed by atoms with Crippen molar-refractivity contribution in [3.8, 4) is 0 Å². The summed E-state index contributed by atoms with van der Waals surface area (Å²) in [5.41, 5.74) is 4.13. The van der Waals surface area contributed by atoms with E-state index in [-0.39, 0.29) is 24.2 Å². The maximum Gasteiger partial charge on any atom is 0.211 e. The molecular formula is C25H34Cl2N2O3S. The van der Waals surface area contributed by atoms with E-state index >= 15 is 0 Å². The van der Waals surface area contributed by atoms with Crippen LogP contribution in [0.2, 0.25) is 5.02 Å². The molecule has 1 unspecified atom stereocenters. The molecule has 8 heteroatoms. The van der Waals surface area contributed by atoms with Gasteiger partial charge in [0.1, 0.15) is 0 Å². The van der Waals surface area contributed by atoms with Crippen LogP contribution in [0.3, 0.4) is 0 Å². The van der Waals surface area contributed by atoms with E-state index in [1.165, 1.54) is 10.6 Å². The molecule has 0 N–H and O–H groups in total. The molecule has 0 saturated carbocycles. The molecule has 182 valence electrons. The molecule has 5 nitrogen and oxygen atoms in total. The van der Waals surface area contributed by atoms with E-state index in [2.05, 4.69) is 18.0 Å². The summed E-state index contributed by atoms with van der Waals surface area (Å²) in [5, 5.41) is 0.815. The number of unbranched alkanes of at least 4 members (excludes halogenated alkanes) is 1. The second-order valence-corrected chi connectivity index (χ2v) is 11.3. The molecule has 0 aromatic heterocycles. The highest BCUT2D eigenvalue weighted by Gasteiger charge is 2.29. The highest BCUT2D eigenvalue weighted by molar-refractivity contribution is 7.88. The number of Topliss-reactive ketones (excluding diaryl/α,β-unsaturated/α-hetero) is 1. The molecular weight excluding hydrogens is 479 g/mol. The second-order valence-electron chi connectivity index (χ2n) is 8.85. The average molecular weight is 514 g/mol. The fourth-order valence-electron chi connectivity index (χ4n) is 4.23. The zero-order chi connectivity index (χ0) is 23.3. The van der Waals surface area contributed by atoms with Crippen molar-refractivity contribution in [1.29, 1.82) is 0 Å². The third-order valence-electron chi connectivity index (χ3n) is 6.39. The lowest BCUT2D eigenvalue weighted by Gasteiger charge is -2.21. The van der Waals surface area contributed by atoms with E-state index in [1.54, 1.807) is 7.05 Å². The number of hydrogen-bond donors (Lipinski definition) is 0. The zero-order valence-corrected chi connectivity index (χ0v) is 22.0. The normalized spacial score (nSPS) is 15.5. The molecule has 3 rings (SSSR count). The van der Waals surface area contributed by atoms with Gasteiger partial charge in [-0.1, -0.05) is 41.9 Å². The number of likely N-dealkylation sites (N-methyl/N-ethyl adjacent to an activating group) is 2. The number of halogens is 2. The van der Waals surface area contributed by atoms with Gasteiger partial charge in [0.25, 0.3) is 0 Å². The van der Waals surface area contributed by atoms with Gasteiger partial charge in [-0.3, -0.25) is 4.79 Å². The number of fused-ring (bicyclic) bond motifs is 1. The van der Waals surface area contributed by atoms with Crippen LogP contribution in [0.25, 0.3) is 0 Å². The summed E-state index contributed by atoms with van der Waals surface area (Å²) in [6.45, 7) is 1.88. The molecule has 2 aromatic rings. The van der Waals surface area contributed by atoms with E-state index in [1.807, 2.05) is 36.4 Å². The van der Waals surface area contributed by atoms with Crippen LogP contribution < -0.4 is 0 Å². The van der Waals surface area contributed by atoms with Gasteiger partial charge in [-0.15, -0.1) is 12.4 Å². The number of carbonyl (C=O) groups is 1. The number of carbonyl (C=O) groups excluding carboxylic acids is 1. The molecule has 0 spiro atoms. The number of rotatable bonds is 11. The van der Waals surface area contributed by atoms with Crippen LogP contribution in [0, 0.1) is 0 Å². The quantitative estimate of drug-likeness (QED) is 0.324. The first-order valence-electron chi connectivity index (χ1n) is 11.1. The van der Waals surface area contributed by atoms with Crippen LogP contribution in [-0.2, 0) is 29.3 Å². The van der Waals surface area contributed by atoms with Gasteiger partial charge in [0.15, 0.2) is 5.78 Å². The van der Waals surface area contributed by atoms with Crippen molar-refractivity contribution in [3.05, 3.63) is 69.7 Å². The van der Waals surface area contributed by atoms with Gasteiger partial charge in [0.2, 0.25) is 10.0 Å². The Morgan fingerprint density at radius 2 is 1.73 bits per heavy atom. The largest absolute Gasteiger partial charge is 0.306 e. The average Bonchev–Trinajstić information content (AvgIpc) is 3.18. The van der Waals surface area contributed by atoms with Crippen molar-refractivity contribution in [3.63, 3.8) is 0 Å². The number of nitrogens with zero attached hydrogens (tertiary/aromatic N) is 2. The highest BCUT2D eigenvalue weighted by atomic mass is 35.5. The minimum Gasteiger partial charge on any atom is -0.306 e. The summed E-state index contributed by atoms with van der Waals surface area (Å²) in [6.07, 6.45) is 5.87. The van der Waals surface area contributed by atoms with Crippen molar-refractivity contribution >= 4 is 39.8 Å². The van der Waals surface area contributed by atoms with Gasteiger partial charge < -0.3 is 4.90 Å². The minimum atomic E-state index is -3.22. The first-order chi connectivity index (χ1) is 15.1. The molecule has 0 heterocycles. The summed E-state index contributed by atoms with van der Waals surface area (Å²) in [4.78, 5) is 15.0. The summed E-state index contributed by atoms with van der Waals surface area (Å²) in [6, 6.07) is 13.7. The van der Waals surface area contributed by atoms with Gasteiger partial charge in [-0.05, 0) is 74.5 Å². The molecule has 0 amide bonds. The Morgan fingerprint density at radius 3 is 2.42 bits per heavy atom. The van der Waals surface area contributed by atoms with Gasteiger partial charge >= 0.3 is 0 Å². The van der Waals surface area contributed by atoms with E-state index in [4.69, 9.17) is 11.6 Å². The van der Waals surface area contributed by atoms with Crippen LogP contribution in [-0.4, -0.2) is 62.9 Å². The molecule has 1 aliphatic carbocycles. The maximum atomic E-state index is 12.7. The Kier molecular flexibility index (Phi) is 10.4. The Hall–Kier alpha value is -1.44. The molecule has 0 saturated heterocycles. The molecule has 0 radical (unpaired) electrons. The van der Waals surface area contributed by atoms with Crippen LogP contribution in [0.4, 0.5) is 0 Å². The van der Waals surface area contributed by atoms with Crippen LogP contribution in [0.15, 0.2) is 42.5 Å². The van der Waals surface area contributed by atoms with Gasteiger partial charge in [0, 0.05) is 36.6 Å². The summed E-state index contributed by atoms with van der Waals surface area (Å²) >= 11 is 6.22. The maximum absolute atomic E-state index is 12.7. The van der Waals surface area contributed by atoms with Crippen molar-refractivity contribution < 1.29 is 13.2 Å². The van der Waals surface area contributed by atoms with Crippen molar-refractivity contribution in [2.24, 2.45) is 0 Å². The fourth-order valence-corrected chi connectivity index (χ4v) is 5.15. The molecule has 1 aliphatic rings. The Balaban J connectivity index is 0.00000385. The predicted molar refractivity (Wildman–Crippen MR) is 138 cm³/mol. The smallest absolute Gasteiger partial charge is 0.211 e. The molecule has 33 heavy (non-hydrogen) atoms. The minimum absolute atomic E-state index is 0. The molecule has 0 fully saturated rings. The summed E-state index contributed by atoms with van der Waals surface area (Å²) < 4.78 is 25.1. The number of ketones is 1. The van der Waals surface area contributed by atoms with E-state index < -0.39 is 10.0 Å².